The second kappa shape index (κ2) is 8.13. The summed E-state index contributed by atoms with van der Waals surface area (Å²) in [4.78, 5) is 0. The predicted molar refractivity (Wildman–Crippen MR) is 98.2 cm³/mol. The van der Waals surface area contributed by atoms with E-state index in [2.05, 4.69) is 42.6 Å². The smallest absolute Gasteiger partial charge is 0.138 e. The lowest BCUT2D eigenvalue weighted by atomic mass is 10.00. The molecule has 3 heteroatoms. The highest BCUT2D eigenvalue weighted by molar-refractivity contribution is 5.82. The van der Waals surface area contributed by atoms with E-state index in [-0.39, 0.29) is 0 Å². The number of aliphatic hydroxyl groups excluding tert-OH is 1. The molecule has 0 aliphatic rings. The lowest BCUT2D eigenvalue weighted by Crippen LogP contribution is -2.22. The molecule has 0 saturated carbocycles. The number of hydrogen-bond acceptors (Lipinski definition) is 3. The average Bonchev–Trinajstić information content (AvgIpc) is 3.00. The van der Waals surface area contributed by atoms with Crippen molar-refractivity contribution < 1.29 is 9.52 Å². The number of hydrogen-bond donors (Lipinski definition) is 2. The van der Waals surface area contributed by atoms with E-state index in [1.165, 1.54) is 5.56 Å². The van der Waals surface area contributed by atoms with E-state index in [9.17, 15) is 5.11 Å². The van der Waals surface area contributed by atoms with Gasteiger partial charge in [-0.05, 0) is 37.4 Å². The van der Waals surface area contributed by atoms with Crippen molar-refractivity contribution in [2.24, 2.45) is 0 Å². The van der Waals surface area contributed by atoms with Gasteiger partial charge in [0, 0.05) is 17.5 Å². The van der Waals surface area contributed by atoms with Crippen molar-refractivity contribution in [3.8, 4) is 0 Å². The molecule has 2 N–H and O–H groups in total. The van der Waals surface area contributed by atoms with Gasteiger partial charge < -0.3 is 14.8 Å². The molecule has 1 heterocycles. The van der Waals surface area contributed by atoms with Crippen molar-refractivity contribution in [3.63, 3.8) is 0 Å². The Bertz CT molecular complexity index is 764. The Hall–Kier alpha value is -2.10. The fraction of sp³-hybridized carbons (Fsp3) is 0.333. The second-order valence-corrected chi connectivity index (χ2v) is 6.15. The summed E-state index contributed by atoms with van der Waals surface area (Å²) in [6.07, 6.45) is 2.23. The quantitative estimate of drug-likeness (QED) is 0.609. The maximum atomic E-state index is 10.6. The zero-order valence-electron chi connectivity index (χ0n) is 14.2. The standard InChI is InChI=1S/C21H25NO2/c1-2-14-22-15-19(23)21-18(13-12-16-8-4-3-5-9-16)17-10-6-7-11-20(17)24-21/h3-11,19,22-23H,2,12-15H2,1H3/t19-/m1/s1. The fourth-order valence-electron chi connectivity index (χ4n) is 3.07. The highest BCUT2D eigenvalue weighted by Crippen LogP contribution is 2.31. The normalized spacial score (nSPS) is 12.6. The van der Waals surface area contributed by atoms with Crippen LogP contribution < -0.4 is 5.32 Å². The van der Waals surface area contributed by atoms with Gasteiger partial charge in [0.2, 0.25) is 0 Å². The van der Waals surface area contributed by atoms with E-state index in [1.54, 1.807) is 0 Å². The Labute approximate surface area is 143 Å². The molecule has 0 unspecified atom stereocenters. The fourth-order valence-corrected chi connectivity index (χ4v) is 3.07. The van der Waals surface area contributed by atoms with Crippen LogP contribution in [0.1, 0.15) is 36.3 Å². The monoisotopic (exact) mass is 323 g/mol. The van der Waals surface area contributed by atoms with Crippen molar-refractivity contribution in [1.29, 1.82) is 0 Å². The summed E-state index contributed by atoms with van der Waals surface area (Å²) in [5, 5.41) is 14.9. The van der Waals surface area contributed by atoms with E-state index in [0.29, 0.717) is 12.3 Å². The van der Waals surface area contributed by atoms with Gasteiger partial charge in [-0.15, -0.1) is 0 Å². The van der Waals surface area contributed by atoms with Gasteiger partial charge in [-0.2, -0.15) is 0 Å². The molecular formula is C21H25NO2. The molecule has 0 saturated heterocycles. The van der Waals surface area contributed by atoms with Crippen molar-refractivity contribution in [3.05, 3.63) is 71.5 Å². The van der Waals surface area contributed by atoms with Crippen LogP contribution in [-0.2, 0) is 12.8 Å². The largest absolute Gasteiger partial charge is 0.458 e. The number of rotatable bonds is 8. The molecule has 3 rings (SSSR count). The van der Waals surface area contributed by atoms with Gasteiger partial charge in [0.25, 0.3) is 0 Å². The summed E-state index contributed by atoms with van der Waals surface area (Å²) < 4.78 is 5.99. The minimum Gasteiger partial charge on any atom is -0.458 e. The van der Waals surface area contributed by atoms with E-state index in [1.807, 2.05) is 24.3 Å². The van der Waals surface area contributed by atoms with E-state index < -0.39 is 6.10 Å². The Kier molecular flexibility index (Phi) is 5.68. The van der Waals surface area contributed by atoms with Crippen molar-refractivity contribution in [2.45, 2.75) is 32.3 Å². The number of benzene rings is 2. The number of nitrogens with one attached hydrogen (secondary N) is 1. The van der Waals surface area contributed by atoms with Gasteiger partial charge in [0.15, 0.2) is 0 Å². The molecule has 2 aromatic carbocycles. The van der Waals surface area contributed by atoms with Gasteiger partial charge in [-0.1, -0.05) is 55.5 Å². The molecule has 0 fully saturated rings. The first-order valence-corrected chi connectivity index (χ1v) is 8.72. The zero-order valence-corrected chi connectivity index (χ0v) is 14.2. The first-order chi connectivity index (χ1) is 11.8. The zero-order chi connectivity index (χ0) is 16.8. The van der Waals surface area contributed by atoms with Crippen LogP contribution in [0.3, 0.4) is 0 Å². The first-order valence-electron chi connectivity index (χ1n) is 8.72. The van der Waals surface area contributed by atoms with Gasteiger partial charge in [-0.25, -0.2) is 0 Å². The molecule has 0 aliphatic heterocycles. The Morgan fingerprint density at radius 2 is 1.75 bits per heavy atom. The molecule has 0 spiro atoms. The molecule has 1 atom stereocenters. The van der Waals surface area contributed by atoms with E-state index in [0.717, 1.165) is 42.3 Å². The Morgan fingerprint density at radius 1 is 1.00 bits per heavy atom. The molecule has 24 heavy (non-hydrogen) atoms. The third-order valence-electron chi connectivity index (χ3n) is 4.30. The molecule has 3 aromatic rings. The lowest BCUT2D eigenvalue weighted by molar-refractivity contribution is 0.148. The summed E-state index contributed by atoms with van der Waals surface area (Å²) in [6, 6.07) is 18.5. The number of furan rings is 1. The second-order valence-electron chi connectivity index (χ2n) is 6.15. The molecule has 0 amide bonds. The molecule has 0 aliphatic carbocycles. The minimum absolute atomic E-state index is 0.520. The summed E-state index contributed by atoms with van der Waals surface area (Å²) in [7, 11) is 0. The minimum atomic E-state index is -0.616. The maximum absolute atomic E-state index is 10.6. The van der Waals surface area contributed by atoms with Gasteiger partial charge in [0.05, 0.1) is 0 Å². The van der Waals surface area contributed by atoms with Crippen LogP contribution in [0.4, 0.5) is 0 Å². The maximum Gasteiger partial charge on any atom is 0.138 e. The average molecular weight is 323 g/mol. The summed E-state index contributed by atoms with van der Waals surface area (Å²) >= 11 is 0. The summed E-state index contributed by atoms with van der Waals surface area (Å²) in [6.45, 7) is 3.54. The molecule has 3 nitrogen and oxygen atoms in total. The van der Waals surface area contributed by atoms with E-state index in [4.69, 9.17) is 4.42 Å². The number of aliphatic hydroxyl groups is 1. The highest BCUT2D eigenvalue weighted by Gasteiger charge is 2.20. The van der Waals surface area contributed by atoms with Crippen LogP contribution in [-0.4, -0.2) is 18.2 Å². The van der Waals surface area contributed by atoms with Crippen LogP contribution in [0.15, 0.2) is 59.0 Å². The first kappa shape index (κ1) is 16.7. The van der Waals surface area contributed by atoms with Crippen molar-refractivity contribution in [1.82, 2.24) is 5.32 Å². The molecular weight excluding hydrogens is 298 g/mol. The van der Waals surface area contributed by atoms with Crippen LogP contribution in [0.25, 0.3) is 11.0 Å². The highest BCUT2D eigenvalue weighted by atomic mass is 16.4. The van der Waals surface area contributed by atoms with Crippen LogP contribution in [0.5, 0.6) is 0 Å². The number of para-hydroxylation sites is 1. The summed E-state index contributed by atoms with van der Waals surface area (Å²) in [5.41, 5.74) is 3.28. The number of fused-ring (bicyclic) bond motifs is 1. The molecule has 0 bridgehead atoms. The van der Waals surface area contributed by atoms with E-state index >= 15 is 0 Å². The van der Waals surface area contributed by atoms with Crippen LogP contribution in [0.2, 0.25) is 0 Å². The predicted octanol–water partition coefficient (Wildman–Crippen LogP) is 4.25. The third kappa shape index (κ3) is 3.86. The van der Waals surface area contributed by atoms with Crippen molar-refractivity contribution in [2.75, 3.05) is 13.1 Å². The SMILES string of the molecule is CCCNC[C@@H](O)c1oc2ccccc2c1CCc1ccccc1. The molecule has 0 radical (unpaired) electrons. The van der Waals surface area contributed by atoms with Crippen molar-refractivity contribution >= 4 is 11.0 Å². The van der Waals surface area contributed by atoms with Gasteiger partial charge in [0.1, 0.15) is 17.4 Å². The lowest BCUT2D eigenvalue weighted by Gasteiger charge is -2.11. The summed E-state index contributed by atoms with van der Waals surface area (Å²) in [5.74, 6) is 0.704. The Balaban J connectivity index is 1.84. The van der Waals surface area contributed by atoms with Crippen LogP contribution in [0, 0.1) is 0 Å². The van der Waals surface area contributed by atoms with Gasteiger partial charge >= 0.3 is 0 Å². The van der Waals surface area contributed by atoms with Crippen LogP contribution >= 0.6 is 0 Å². The van der Waals surface area contributed by atoms with Gasteiger partial charge in [-0.3, -0.25) is 0 Å². The topological polar surface area (TPSA) is 45.4 Å². The Morgan fingerprint density at radius 3 is 2.54 bits per heavy atom. The third-order valence-corrected chi connectivity index (χ3v) is 4.30. The molecule has 1 aromatic heterocycles. The molecule has 126 valence electrons. The number of aryl methyl sites for hydroxylation is 2.